The summed E-state index contributed by atoms with van der Waals surface area (Å²) in [5.41, 5.74) is 0.421. The molecule has 2 heterocycles. The molecule has 2 fully saturated rings. The number of hydrogen-bond acceptors (Lipinski definition) is 3. The van der Waals surface area contributed by atoms with E-state index in [2.05, 4.69) is 0 Å². The zero-order valence-electron chi connectivity index (χ0n) is 16.5. The zero-order valence-corrected chi connectivity index (χ0v) is 16.5. The monoisotopic (exact) mass is 419 g/mol. The standard InChI is InChI=1S/C23H24F3NO3/c24-23(25,26)20-3-1-2-17(13-20)12-16-8-10-27(11-9-16)21(28)18-4-6-19(7-5-18)22(29)14-30-15-22/h1-7,13,16,29H,8-12,14-15H2. The molecule has 0 aliphatic carbocycles. The Bertz CT molecular complexity index is 899. The van der Waals surface area contributed by atoms with Crippen molar-refractivity contribution >= 4 is 5.91 Å². The van der Waals surface area contributed by atoms with Crippen LogP contribution in [0.15, 0.2) is 48.5 Å². The molecule has 30 heavy (non-hydrogen) atoms. The smallest absolute Gasteiger partial charge is 0.380 e. The van der Waals surface area contributed by atoms with Gasteiger partial charge in [-0.15, -0.1) is 0 Å². The molecule has 0 unspecified atom stereocenters. The second kappa shape index (κ2) is 8.04. The summed E-state index contributed by atoms with van der Waals surface area (Å²) in [6, 6.07) is 12.5. The maximum Gasteiger partial charge on any atom is 0.416 e. The van der Waals surface area contributed by atoms with E-state index in [1.807, 2.05) is 0 Å². The summed E-state index contributed by atoms with van der Waals surface area (Å²) in [5.74, 6) is 0.198. The molecule has 2 aromatic rings. The minimum atomic E-state index is -4.33. The number of benzene rings is 2. The van der Waals surface area contributed by atoms with Crippen molar-refractivity contribution in [2.24, 2.45) is 5.92 Å². The molecule has 2 saturated heterocycles. The fraction of sp³-hybridized carbons (Fsp3) is 0.435. The molecule has 1 N–H and O–H groups in total. The largest absolute Gasteiger partial charge is 0.416 e. The van der Waals surface area contributed by atoms with E-state index in [1.54, 1.807) is 35.2 Å². The number of carbonyl (C=O) groups is 1. The third-order valence-electron chi connectivity index (χ3n) is 6.03. The number of alkyl halides is 3. The number of amides is 1. The van der Waals surface area contributed by atoms with Crippen molar-refractivity contribution in [2.75, 3.05) is 26.3 Å². The second-order valence-corrected chi connectivity index (χ2v) is 8.24. The number of piperidine rings is 1. The van der Waals surface area contributed by atoms with Crippen LogP contribution in [0.1, 0.15) is 39.9 Å². The highest BCUT2D eigenvalue weighted by atomic mass is 19.4. The summed E-state index contributed by atoms with van der Waals surface area (Å²) < 4.78 is 43.8. The molecule has 0 bridgehead atoms. The van der Waals surface area contributed by atoms with E-state index in [0.717, 1.165) is 24.5 Å². The molecule has 0 aromatic heterocycles. The Labute approximate surface area is 173 Å². The van der Waals surface area contributed by atoms with E-state index in [9.17, 15) is 23.1 Å². The average molecular weight is 419 g/mol. The van der Waals surface area contributed by atoms with Crippen molar-refractivity contribution in [3.63, 3.8) is 0 Å². The Morgan fingerprint density at radius 1 is 1.10 bits per heavy atom. The van der Waals surface area contributed by atoms with Gasteiger partial charge in [0.1, 0.15) is 5.60 Å². The van der Waals surface area contributed by atoms with Crippen molar-refractivity contribution in [3.05, 3.63) is 70.8 Å². The summed E-state index contributed by atoms with van der Waals surface area (Å²) in [7, 11) is 0. The van der Waals surface area contributed by atoms with Crippen molar-refractivity contribution in [2.45, 2.75) is 31.0 Å². The Morgan fingerprint density at radius 2 is 1.77 bits per heavy atom. The fourth-order valence-corrected chi connectivity index (χ4v) is 4.12. The highest BCUT2D eigenvalue weighted by molar-refractivity contribution is 5.94. The van der Waals surface area contributed by atoms with Crippen molar-refractivity contribution in [1.82, 2.24) is 4.90 Å². The van der Waals surface area contributed by atoms with Gasteiger partial charge in [-0.2, -0.15) is 13.2 Å². The van der Waals surface area contributed by atoms with Gasteiger partial charge >= 0.3 is 6.18 Å². The van der Waals surface area contributed by atoms with Crippen LogP contribution in [0, 0.1) is 5.92 Å². The lowest BCUT2D eigenvalue weighted by Crippen LogP contribution is -2.46. The molecular weight excluding hydrogens is 395 g/mol. The van der Waals surface area contributed by atoms with Crippen molar-refractivity contribution < 1.29 is 27.8 Å². The molecule has 0 radical (unpaired) electrons. The van der Waals surface area contributed by atoms with Crippen LogP contribution >= 0.6 is 0 Å². The van der Waals surface area contributed by atoms with Crippen LogP contribution in [0.4, 0.5) is 13.2 Å². The molecule has 0 saturated carbocycles. The van der Waals surface area contributed by atoms with Gasteiger partial charge in [0.15, 0.2) is 0 Å². The van der Waals surface area contributed by atoms with Crippen LogP contribution in [-0.4, -0.2) is 42.2 Å². The number of halogens is 3. The highest BCUT2D eigenvalue weighted by Gasteiger charge is 2.38. The van der Waals surface area contributed by atoms with Gasteiger partial charge in [-0.3, -0.25) is 4.79 Å². The molecule has 7 heteroatoms. The summed E-state index contributed by atoms with van der Waals surface area (Å²) >= 11 is 0. The van der Waals surface area contributed by atoms with Gasteiger partial charge in [-0.1, -0.05) is 30.3 Å². The van der Waals surface area contributed by atoms with Crippen molar-refractivity contribution in [1.29, 1.82) is 0 Å². The maximum atomic E-state index is 12.9. The van der Waals surface area contributed by atoms with E-state index in [0.29, 0.717) is 30.6 Å². The topological polar surface area (TPSA) is 49.8 Å². The van der Waals surface area contributed by atoms with Crippen LogP contribution in [0.2, 0.25) is 0 Å². The van der Waals surface area contributed by atoms with Crippen LogP contribution in [0.5, 0.6) is 0 Å². The first-order chi connectivity index (χ1) is 14.2. The predicted octanol–water partition coefficient (Wildman–Crippen LogP) is 4.02. The number of hydrogen-bond donors (Lipinski definition) is 1. The van der Waals surface area contributed by atoms with E-state index in [-0.39, 0.29) is 25.0 Å². The minimum Gasteiger partial charge on any atom is -0.380 e. The number of ether oxygens (including phenoxy) is 1. The predicted molar refractivity (Wildman–Crippen MR) is 105 cm³/mol. The minimum absolute atomic E-state index is 0.0593. The lowest BCUT2D eigenvalue weighted by molar-refractivity contribution is -0.184. The lowest BCUT2D eigenvalue weighted by Gasteiger charge is -2.37. The number of carbonyl (C=O) groups excluding carboxylic acids is 1. The van der Waals surface area contributed by atoms with E-state index in [1.165, 1.54) is 12.1 Å². The average Bonchev–Trinajstić information content (AvgIpc) is 2.72. The summed E-state index contributed by atoms with van der Waals surface area (Å²) in [4.78, 5) is 14.6. The van der Waals surface area contributed by atoms with Crippen molar-refractivity contribution in [3.8, 4) is 0 Å². The first-order valence-corrected chi connectivity index (χ1v) is 10.1. The Kier molecular flexibility index (Phi) is 5.59. The maximum absolute atomic E-state index is 12.9. The Morgan fingerprint density at radius 3 is 2.33 bits per heavy atom. The summed E-state index contributed by atoms with van der Waals surface area (Å²) in [6.07, 6.45) is -2.22. The van der Waals surface area contributed by atoms with Gasteiger partial charge in [0, 0.05) is 18.7 Å². The molecule has 0 spiro atoms. The molecule has 1 amide bonds. The molecular formula is C23H24F3NO3. The Hall–Kier alpha value is -2.38. The SMILES string of the molecule is O=C(c1ccc(C2(O)COC2)cc1)N1CCC(Cc2cccc(C(F)(F)F)c2)CC1. The lowest BCUT2D eigenvalue weighted by atomic mass is 9.89. The third-order valence-corrected chi connectivity index (χ3v) is 6.03. The molecule has 4 rings (SSSR count). The Balaban J connectivity index is 1.32. The normalized spacial score (nSPS) is 19.4. The van der Waals surface area contributed by atoms with Crippen LogP contribution < -0.4 is 0 Å². The molecule has 4 nitrogen and oxygen atoms in total. The number of rotatable bonds is 4. The molecule has 0 atom stereocenters. The zero-order chi connectivity index (χ0) is 21.4. The van der Waals surface area contributed by atoms with E-state index < -0.39 is 17.3 Å². The third kappa shape index (κ3) is 4.37. The molecule has 2 aliphatic rings. The van der Waals surface area contributed by atoms with Crippen LogP contribution in [-0.2, 0) is 22.9 Å². The first kappa shape index (κ1) is 20.9. The van der Waals surface area contributed by atoms with Gasteiger partial charge < -0.3 is 14.7 Å². The van der Waals surface area contributed by atoms with E-state index in [4.69, 9.17) is 4.74 Å². The highest BCUT2D eigenvalue weighted by Crippen LogP contribution is 2.32. The summed E-state index contributed by atoms with van der Waals surface area (Å²) in [5, 5.41) is 10.3. The van der Waals surface area contributed by atoms with Gasteiger partial charge in [-0.25, -0.2) is 0 Å². The fourth-order valence-electron chi connectivity index (χ4n) is 4.12. The van der Waals surface area contributed by atoms with Crippen LogP contribution in [0.25, 0.3) is 0 Å². The molecule has 160 valence electrons. The van der Waals surface area contributed by atoms with E-state index >= 15 is 0 Å². The van der Waals surface area contributed by atoms with Gasteiger partial charge in [0.25, 0.3) is 5.91 Å². The quantitative estimate of drug-likeness (QED) is 0.815. The number of nitrogens with zero attached hydrogens (tertiary/aromatic N) is 1. The number of aliphatic hydroxyl groups is 1. The van der Waals surface area contributed by atoms with Crippen LogP contribution in [0.3, 0.4) is 0 Å². The first-order valence-electron chi connectivity index (χ1n) is 10.1. The summed E-state index contributed by atoms with van der Waals surface area (Å²) in [6.45, 7) is 1.70. The second-order valence-electron chi connectivity index (χ2n) is 8.24. The van der Waals surface area contributed by atoms with Gasteiger partial charge in [0.2, 0.25) is 0 Å². The van der Waals surface area contributed by atoms with Gasteiger partial charge in [-0.05, 0) is 54.5 Å². The van der Waals surface area contributed by atoms with Gasteiger partial charge in [0.05, 0.1) is 18.8 Å². The molecule has 2 aromatic carbocycles. The molecule has 2 aliphatic heterocycles. The number of likely N-dealkylation sites (tertiary alicyclic amines) is 1.